The highest BCUT2D eigenvalue weighted by molar-refractivity contribution is 5.59. The minimum absolute atomic E-state index is 0.143. The molecule has 3 rings (SSSR count). The molecule has 5 nitrogen and oxygen atoms in total. The fourth-order valence-corrected chi connectivity index (χ4v) is 2.10. The van der Waals surface area contributed by atoms with Crippen LogP contribution in [0.25, 0.3) is 0 Å². The van der Waals surface area contributed by atoms with E-state index in [1.807, 2.05) is 12.1 Å². The Morgan fingerprint density at radius 3 is 3.24 bits per heavy atom. The third-order valence-electron chi connectivity index (χ3n) is 2.89. The Hall–Kier alpha value is -1.88. The first kappa shape index (κ1) is 10.3. The molecule has 1 unspecified atom stereocenters. The van der Waals surface area contributed by atoms with Crippen molar-refractivity contribution < 1.29 is 9.26 Å². The number of hydrogen-bond donors (Lipinski definition) is 1. The molecule has 1 atom stereocenters. The minimum Gasteiger partial charge on any atom is -0.384 e. The first-order valence-electron chi connectivity index (χ1n) is 5.52. The molecule has 0 fully saturated rings. The maximum atomic E-state index is 5.28. The van der Waals surface area contributed by atoms with Gasteiger partial charge in [-0.15, -0.1) is 0 Å². The van der Waals surface area contributed by atoms with Gasteiger partial charge in [0.15, 0.2) is 5.82 Å². The molecule has 0 amide bonds. The van der Waals surface area contributed by atoms with E-state index in [0.717, 1.165) is 12.2 Å². The first-order chi connectivity index (χ1) is 8.38. The lowest BCUT2D eigenvalue weighted by Gasteiger charge is -2.02. The summed E-state index contributed by atoms with van der Waals surface area (Å²) in [7, 11) is 1.61. The number of aromatic nitrogens is 2. The van der Waals surface area contributed by atoms with Crippen molar-refractivity contribution in [1.29, 1.82) is 0 Å². The van der Waals surface area contributed by atoms with Gasteiger partial charge in [-0.05, 0) is 11.6 Å². The van der Waals surface area contributed by atoms with Crippen LogP contribution < -0.4 is 5.32 Å². The van der Waals surface area contributed by atoms with E-state index in [-0.39, 0.29) is 5.92 Å². The molecule has 0 aliphatic carbocycles. The summed E-state index contributed by atoms with van der Waals surface area (Å²) in [6, 6.07) is 8.17. The first-order valence-corrected chi connectivity index (χ1v) is 5.52. The van der Waals surface area contributed by atoms with Gasteiger partial charge < -0.3 is 14.6 Å². The largest absolute Gasteiger partial charge is 0.384 e. The maximum absolute atomic E-state index is 5.28. The molecule has 1 aliphatic heterocycles. The molecule has 1 aliphatic rings. The van der Waals surface area contributed by atoms with Gasteiger partial charge in [-0.2, -0.15) is 4.98 Å². The Labute approximate surface area is 98.8 Å². The number of methoxy groups -OCH3 is 1. The van der Waals surface area contributed by atoms with Crippen LogP contribution >= 0.6 is 0 Å². The van der Waals surface area contributed by atoms with E-state index in [2.05, 4.69) is 27.6 Å². The Morgan fingerprint density at radius 1 is 1.47 bits per heavy atom. The number of nitrogens with one attached hydrogen (secondary N) is 1. The Balaban J connectivity index is 1.90. The average Bonchev–Trinajstić information content (AvgIpc) is 2.95. The summed E-state index contributed by atoms with van der Waals surface area (Å²) in [5.41, 5.74) is 2.35. The SMILES string of the molecule is COCc1noc(C2CNc3ccccc32)n1. The fraction of sp³-hybridized carbons (Fsp3) is 0.333. The van der Waals surface area contributed by atoms with Crippen molar-refractivity contribution in [3.8, 4) is 0 Å². The third kappa shape index (κ3) is 1.78. The van der Waals surface area contributed by atoms with E-state index in [4.69, 9.17) is 9.26 Å². The van der Waals surface area contributed by atoms with Crippen LogP contribution in [-0.4, -0.2) is 23.8 Å². The molecular weight excluding hydrogens is 218 g/mol. The van der Waals surface area contributed by atoms with Gasteiger partial charge in [0.25, 0.3) is 0 Å². The Morgan fingerprint density at radius 2 is 2.35 bits per heavy atom. The zero-order chi connectivity index (χ0) is 11.7. The molecule has 0 saturated heterocycles. The van der Waals surface area contributed by atoms with Gasteiger partial charge in [0.2, 0.25) is 5.89 Å². The number of nitrogens with zero attached hydrogens (tertiary/aromatic N) is 2. The number of rotatable bonds is 3. The maximum Gasteiger partial charge on any atom is 0.236 e. The van der Waals surface area contributed by atoms with Crippen LogP contribution in [0, 0.1) is 0 Å². The molecule has 2 aromatic rings. The second-order valence-corrected chi connectivity index (χ2v) is 4.00. The van der Waals surface area contributed by atoms with Gasteiger partial charge in [0.1, 0.15) is 6.61 Å². The highest BCUT2D eigenvalue weighted by atomic mass is 16.5. The van der Waals surface area contributed by atoms with Gasteiger partial charge in [0.05, 0.1) is 5.92 Å². The topological polar surface area (TPSA) is 60.2 Å². The lowest BCUT2D eigenvalue weighted by atomic mass is 10.0. The van der Waals surface area contributed by atoms with E-state index in [1.165, 1.54) is 5.56 Å². The minimum atomic E-state index is 0.143. The summed E-state index contributed by atoms with van der Waals surface area (Å²) >= 11 is 0. The molecule has 0 saturated carbocycles. The van der Waals surface area contributed by atoms with Crippen molar-refractivity contribution in [3.63, 3.8) is 0 Å². The van der Waals surface area contributed by atoms with Crippen molar-refractivity contribution in [2.24, 2.45) is 0 Å². The van der Waals surface area contributed by atoms with Crippen LogP contribution in [0.2, 0.25) is 0 Å². The summed E-state index contributed by atoms with van der Waals surface area (Å²) < 4.78 is 10.2. The zero-order valence-corrected chi connectivity index (χ0v) is 9.51. The van der Waals surface area contributed by atoms with E-state index >= 15 is 0 Å². The van der Waals surface area contributed by atoms with Crippen LogP contribution in [0.15, 0.2) is 28.8 Å². The highest BCUT2D eigenvalue weighted by Crippen LogP contribution is 2.34. The lowest BCUT2D eigenvalue weighted by molar-refractivity contribution is 0.174. The second kappa shape index (κ2) is 4.18. The summed E-state index contributed by atoms with van der Waals surface area (Å²) in [5.74, 6) is 1.38. The van der Waals surface area contributed by atoms with E-state index in [1.54, 1.807) is 7.11 Å². The summed E-state index contributed by atoms with van der Waals surface area (Å²) in [4.78, 5) is 4.34. The van der Waals surface area contributed by atoms with Gasteiger partial charge in [0, 0.05) is 19.3 Å². The van der Waals surface area contributed by atoms with Gasteiger partial charge >= 0.3 is 0 Å². The summed E-state index contributed by atoms with van der Waals surface area (Å²) in [6.07, 6.45) is 0. The number of para-hydroxylation sites is 1. The van der Waals surface area contributed by atoms with Crippen molar-refractivity contribution in [3.05, 3.63) is 41.5 Å². The molecule has 1 aromatic heterocycles. The standard InChI is InChI=1S/C12H13N3O2/c1-16-7-11-14-12(17-15-11)9-6-13-10-5-3-2-4-8(9)10/h2-5,9,13H,6-7H2,1H3. The second-order valence-electron chi connectivity index (χ2n) is 4.00. The van der Waals surface area contributed by atoms with E-state index in [9.17, 15) is 0 Å². The van der Waals surface area contributed by atoms with Gasteiger partial charge in [-0.3, -0.25) is 0 Å². The zero-order valence-electron chi connectivity index (χ0n) is 9.51. The van der Waals surface area contributed by atoms with Crippen molar-refractivity contribution >= 4 is 5.69 Å². The van der Waals surface area contributed by atoms with Gasteiger partial charge in [-0.25, -0.2) is 0 Å². The number of fused-ring (bicyclic) bond motifs is 1. The van der Waals surface area contributed by atoms with Crippen molar-refractivity contribution in [1.82, 2.24) is 10.1 Å². The predicted octanol–water partition coefficient (Wildman–Crippen LogP) is 1.77. The van der Waals surface area contributed by atoms with Crippen LogP contribution in [0.1, 0.15) is 23.2 Å². The normalized spacial score (nSPS) is 17.8. The smallest absolute Gasteiger partial charge is 0.236 e. The molecule has 2 heterocycles. The Kier molecular flexibility index (Phi) is 2.53. The molecular formula is C12H13N3O2. The lowest BCUT2D eigenvalue weighted by Crippen LogP contribution is -2.04. The number of hydrogen-bond acceptors (Lipinski definition) is 5. The highest BCUT2D eigenvalue weighted by Gasteiger charge is 2.28. The molecule has 1 N–H and O–H groups in total. The fourth-order valence-electron chi connectivity index (χ4n) is 2.10. The van der Waals surface area contributed by atoms with Crippen LogP contribution in [-0.2, 0) is 11.3 Å². The van der Waals surface area contributed by atoms with Crippen LogP contribution in [0.3, 0.4) is 0 Å². The molecule has 1 aromatic carbocycles. The molecule has 88 valence electrons. The summed E-state index contributed by atoms with van der Waals surface area (Å²) in [6.45, 7) is 1.18. The van der Waals surface area contributed by atoms with Gasteiger partial charge in [-0.1, -0.05) is 23.4 Å². The van der Waals surface area contributed by atoms with Crippen molar-refractivity contribution in [2.45, 2.75) is 12.5 Å². The summed E-state index contributed by atoms with van der Waals surface area (Å²) in [5, 5.41) is 7.22. The van der Waals surface area contributed by atoms with E-state index in [0.29, 0.717) is 18.3 Å². The van der Waals surface area contributed by atoms with E-state index < -0.39 is 0 Å². The molecule has 0 spiro atoms. The molecule has 17 heavy (non-hydrogen) atoms. The quantitative estimate of drug-likeness (QED) is 0.872. The molecule has 0 bridgehead atoms. The number of ether oxygens (including phenoxy) is 1. The number of anilines is 1. The third-order valence-corrected chi connectivity index (χ3v) is 2.89. The van der Waals surface area contributed by atoms with Crippen LogP contribution in [0.4, 0.5) is 5.69 Å². The molecule has 0 radical (unpaired) electrons. The van der Waals surface area contributed by atoms with Crippen LogP contribution in [0.5, 0.6) is 0 Å². The van der Waals surface area contributed by atoms with Crippen molar-refractivity contribution in [2.75, 3.05) is 19.0 Å². The Bertz CT molecular complexity index is 524. The molecule has 5 heteroatoms. The number of benzene rings is 1. The predicted molar refractivity (Wildman–Crippen MR) is 61.8 cm³/mol. The monoisotopic (exact) mass is 231 g/mol. The average molecular weight is 231 g/mol.